The van der Waals surface area contributed by atoms with Crippen molar-refractivity contribution >= 4 is 17.9 Å². The number of hydrogen-bond acceptors (Lipinski definition) is 5. The summed E-state index contributed by atoms with van der Waals surface area (Å²) in [7, 11) is 1.43. The van der Waals surface area contributed by atoms with E-state index in [4.69, 9.17) is 4.74 Å². The lowest BCUT2D eigenvalue weighted by atomic mass is 9.85. The van der Waals surface area contributed by atoms with Gasteiger partial charge >= 0.3 is 0 Å². The molecule has 1 aliphatic heterocycles. The molecule has 0 spiro atoms. The van der Waals surface area contributed by atoms with Gasteiger partial charge in [-0.25, -0.2) is 0 Å². The summed E-state index contributed by atoms with van der Waals surface area (Å²) in [5.41, 5.74) is 2.35. The molecule has 0 bridgehead atoms. The smallest absolute Gasteiger partial charge is 0.250 e. The van der Waals surface area contributed by atoms with Crippen molar-refractivity contribution in [3.8, 4) is 0 Å². The van der Waals surface area contributed by atoms with Crippen LogP contribution in [0.3, 0.4) is 0 Å². The van der Waals surface area contributed by atoms with Crippen LogP contribution in [0, 0.1) is 0 Å². The number of Topliss-reactive ketones (excluding diaryl/α,β-unsaturated/α-hetero) is 1. The van der Waals surface area contributed by atoms with E-state index in [2.05, 4.69) is 30.1 Å². The van der Waals surface area contributed by atoms with Gasteiger partial charge in [0.15, 0.2) is 5.76 Å². The third-order valence-corrected chi connectivity index (χ3v) is 5.08. The zero-order valence-electron chi connectivity index (χ0n) is 17.8. The Hall–Kier alpha value is -2.99. The molecule has 160 valence electrons. The first-order chi connectivity index (χ1) is 14.5. The fourth-order valence-electron chi connectivity index (χ4n) is 3.50. The van der Waals surface area contributed by atoms with Gasteiger partial charge in [0.25, 0.3) is 5.91 Å². The van der Waals surface area contributed by atoms with Crippen LogP contribution in [0.4, 0.5) is 0 Å². The molecule has 1 amide bonds. The van der Waals surface area contributed by atoms with Crippen LogP contribution in [0.1, 0.15) is 31.7 Å². The minimum Gasteiger partial charge on any atom is -0.504 e. The summed E-state index contributed by atoms with van der Waals surface area (Å²) in [6, 6.07) is 9.99. The molecule has 0 saturated carbocycles. The molecule has 6 nitrogen and oxygen atoms in total. The van der Waals surface area contributed by atoms with E-state index < -0.39 is 17.4 Å². The molecule has 1 aliphatic rings. The summed E-state index contributed by atoms with van der Waals surface area (Å²) in [5, 5.41) is 9.91. The van der Waals surface area contributed by atoms with E-state index in [0.717, 1.165) is 12.3 Å². The van der Waals surface area contributed by atoms with Crippen LogP contribution in [-0.4, -0.2) is 60.8 Å². The minimum atomic E-state index is -0.692. The van der Waals surface area contributed by atoms with Crippen molar-refractivity contribution in [2.75, 3.05) is 26.8 Å². The van der Waals surface area contributed by atoms with E-state index in [-0.39, 0.29) is 12.0 Å². The third-order valence-electron chi connectivity index (χ3n) is 5.08. The zero-order chi connectivity index (χ0) is 21.9. The molecule has 30 heavy (non-hydrogen) atoms. The molecule has 6 heteroatoms. The molecular formula is C24H30N2O4. The van der Waals surface area contributed by atoms with Gasteiger partial charge < -0.3 is 14.7 Å². The van der Waals surface area contributed by atoms with Gasteiger partial charge in [0, 0.05) is 25.6 Å². The van der Waals surface area contributed by atoms with Crippen LogP contribution < -0.4 is 0 Å². The van der Waals surface area contributed by atoms with Crippen molar-refractivity contribution in [3.63, 3.8) is 0 Å². The van der Waals surface area contributed by atoms with Crippen molar-refractivity contribution in [1.82, 2.24) is 4.90 Å². The Balaban J connectivity index is 2.27. The lowest BCUT2D eigenvalue weighted by Gasteiger charge is -2.37. The van der Waals surface area contributed by atoms with Crippen LogP contribution in [0.25, 0.3) is 0 Å². The molecule has 1 unspecified atom stereocenters. The number of aliphatic hydroxyl groups is 1. The second-order valence-electron chi connectivity index (χ2n) is 7.18. The topological polar surface area (TPSA) is 79.2 Å². The molecule has 0 aromatic heterocycles. The number of aliphatic imine (C=N–C) groups is 1. The lowest BCUT2D eigenvalue weighted by molar-refractivity contribution is -0.135. The fourth-order valence-corrected chi connectivity index (χ4v) is 3.50. The van der Waals surface area contributed by atoms with Gasteiger partial charge in [-0.15, -0.1) is 0 Å². The summed E-state index contributed by atoms with van der Waals surface area (Å²) < 4.78 is 5.65. The van der Waals surface area contributed by atoms with Crippen LogP contribution >= 0.6 is 0 Å². The molecule has 1 saturated heterocycles. The Morgan fingerprint density at radius 2 is 2.07 bits per heavy atom. The summed E-state index contributed by atoms with van der Waals surface area (Å²) in [6.45, 7) is 5.29. The van der Waals surface area contributed by atoms with Crippen molar-refractivity contribution < 1.29 is 19.4 Å². The number of nitrogens with zero attached hydrogens (tertiary/aromatic N) is 2. The monoisotopic (exact) mass is 410 g/mol. The summed E-state index contributed by atoms with van der Waals surface area (Å²) in [6.07, 6.45) is 8.71. The van der Waals surface area contributed by atoms with Gasteiger partial charge in [0.05, 0.1) is 25.5 Å². The molecule has 2 rings (SSSR count). The zero-order valence-corrected chi connectivity index (χ0v) is 17.8. The van der Waals surface area contributed by atoms with Crippen molar-refractivity contribution in [3.05, 3.63) is 71.5 Å². The molecule has 1 fully saturated rings. The maximum Gasteiger partial charge on any atom is 0.250 e. The van der Waals surface area contributed by atoms with E-state index in [0.29, 0.717) is 26.2 Å². The molecule has 1 heterocycles. The highest BCUT2D eigenvalue weighted by atomic mass is 16.5. The number of amides is 1. The second-order valence-corrected chi connectivity index (χ2v) is 7.18. The molecule has 2 atom stereocenters. The van der Waals surface area contributed by atoms with Gasteiger partial charge in [-0.2, -0.15) is 0 Å². The number of rotatable bonds is 8. The minimum absolute atomic E-state index is 0.107. The quantitative estimate of drug-likeness (QED) is 0.307. The highest BCUT2D eigenvalue weighted by Crippen LogP contribution is 2.31. The summed E-state index contributed by atoms with van der Waals surface area (Å²) in [4.78, 5) is 29.8. The maximum atomic E-state index is 12.8. The lowest BCUT2D eigenvalue weighted by Crippen LogP contribution is -2.49. The number of carbonyl (C=O) groups excluding carboxylic acids is 2. The first-order valence-corrected chi connectivity index (χ1v) is 10.1. The van der Waals surface area contributed by atoms with E-state index in [9.17, 15) is 14.7 Å². The van der Waals surface area contributed by atoms with E-state index in [1.165, 1.54) is 18.2 Å². The number of hydrogen-bond donors (Lipinski definition) is 1. The van der Waals surface area contributed by atoms with Crippen LogP contribution in [0.2, 0.25) is 0 Å². The number of ether oxygens (including phenoxy) is 1. The number of allylic oxidation sites excluding steroid dienone is 5. The van der Waals surface area contributed by atoms with E-state index in [1.807, 2.05) is 37.3 Å². The Bertz CT molecular complexity index is 840. The van der Waals surface area contributed by atoms with Crippen molar-refractivity contribution in [1.29, 1.82) is 0 Å². The van der Waals surface area contributed by atoms with Crippen molar-refractivity contribution in [2.45, 2.75) is 32.2 Å². The molecule has 1 aromatic rings. The molecule has 1 aromatic carbocycles. The number of aliphatic hydroxyl groups excluding tert-OH is 1. The third kappa shape index (κ3) is 6.52. The van der Waals surface area contributed by atoms with E-state index in [1.54, 1.807) is 4.90 Å². The van der Waals surface area contributed by atoms with Gasteiger partial charge in [-0.1, -0.05) is 54.1 Å². The first-order valence-electron chi connectivity index (χ1n) is 10.1. The van der Waals surface area contributed by atoms with Gasteiger partial charge in [-0.05, 0) is 25.8 Å². The maximum absolute atomic E-state index is 12.8. The van der Waals surface area contributed by atoms with Crippen LogP contribution in [0.5, 0.6) is 0 Å². The molecule has 0 aliphatic carbocycles. The Labute approximate surface area is 178 Å². The van der Waals surface area contributed by atoms with Crippen molar-refractivity contribution in [2.24, 2.45) is 4.99 Å². The number of morpholine rings is 1. The van der Waals surface area contributed by atoms with Gasteiger partial charge in [0.1, 0.15) is 0 Å². The SMILES string of the molecule is C/C=C\C=C(/C)C(C[C@H]1COCCN1C(=O)/C=C(\O)C(=O)/C=N\C)c1ccccc1. The average molecular weight is 411 g/mol. The Kier molecular flexibility index (Phi) is 9.22. The van der Waals surface area contributed by atoms with Gasteiger partial charge in [-0.3, -0.25) is 14.6 Å². The highest BCUT2D eigenvalue weighted by molar-refractivity contribution is 6.34. The molecule has 1 N–H and O–H groups in total. The van der Waals surface area contributed by atoms with E-state index >= 15 is 0 Å². The molecule has 0 radical (unpaired) electrons. The predicted molar refractivity (Wildman–Crippen MR) is 119 cm³/mol. The largest absolute Gasteiger partial charge is 0.504 e. The summed E-state index contributed by atoms with van der Waals surface area (Å²) in [5.74, 6) is -1.60. The Morgan fingerprint density at radius 3 is 2.73 bits per heavy atom. The summed E-state index contributed by atoms with van der Waals surface area (Å²) >= 11 is 0. The molecular weight excluding hydrogens is 380 g/mol. The predicted octanol–water partition coefficient (Wildman–Crippen LogP) is 3.62. The Morgan fingerprint density at radius 1 is 1.33 bits per heavy atom. The number of benzene rings is 1. The first kappa shape index (κ1) is 23.3. The number of ketones is 1. The standard InChI is InChI=1S/C24H30N2O4/c1-4-5-9-18(2)21(19-10-7-6-8-11-19)14-20-17-30-13-12-26(20)24(29)15-22(27)23(28)16-25-3/h4-11,15-16,20-21,27H,12-14,17H2,1-3H3/b5-4-,18-9+,22-15-,25-16-/t20-,21?/m0/s1. The van der Waals surface area contributed by atoms with Crippen LogP contribution in [-0.2, 0) is 14.3 Å². The number of carbonyl (C=O) groups is 2. The van der Waals surface area contributed by atoms with Crippen LogP contribution in [0.15, 0.2) is 71.0 Å². The normalized spacial score (nSPS) is 19.4. The highest BCUT2D eigenvalue weighted by Gasteiger charge is 2.30. The van der Waals surface area contributed by atoms with Gasteiger partial charge in [0.2, 0.25) is 5.78 Å². The fraction of sp³-hybridized carbons (Fsp3) is 0.375. The second kappa shape index (κ2) is 11.9. The average Bonchev–Trinajstić information content (AvgIpc) is 2.76.